The van der Waals surface area contributed by atoms with Crippen molar-refractivity contribution in [1.29, 1.82) is 0 Å². The van der Waals surface area contributed by atoms with Crippen molar-refractivity contribution in [2.24, 2.45) is 0 Å². The highest BCUT2D eigenvalue weighted by molar-refractivity contribution is 6.30. The van der Waals surface area contributed by atoms with Crippen molar-refractivity contribution in [1.82, 2.24) is 0 Å². The number of halogens is 1. The van der Waals surface area contributed by atoms with E-state index in [1.54, 1.807) is 24.3 Å². The number of anilines is 1. The summed E-state index contributed by atoms with van der Waals surface area (Å²) >= 11 is 5.78. The van der Waals surface area contributed by atoms with Crippen molar-refractivity contribution in [3.63, 3.8) is 0 Å². The minimum absolute atomic E-state index is 0.129. The second-order valence-corrected chi connectivity index (χ2v) is 4.45. The summed E-state index contributed by atoms with van der Waals surface area (Å²) in [5, 5.41) is 3.47. The predicted molar refractivity (Wildman–Crippen MR) is 86.6 cm³/mol. The second kappa shape index (κ2) is 8.39. The molecule has 1 N–H and O–H groups in total. The zero-order valence-corrected chi connectivity index (χ0v) is 12.9. The highest BCUT2D eigenvalue weighted by Crippen LogP contribution is 2.13. The largest absolute Gasteiger partial charge is 0.322 e. The van der Waals surface area contributed by atoms with Crippen molar-refractivity contribution in [2.45, 2.75) is 27.2 Å². The fourth-order valence-corrected chi connectivity index (χ4v) is 1.75. The van der Waals surface area contributed by atoms with Gasteiger partial charge in [-0.3, -0.25) is 4.79 Å². The number of benzene rings is 2. The smallest absolute Gasteiger partial charge is 0.255 e. The molecule has 0 saturated heterocycles. The third kappa shape index (κ3) is 4.71. The Bertz CT molecular complexity index is 532. The lowest BCUT2D eigenvalue weighted by Crippen LogP contribution is -2.11. The van der Waals surface area contributed by atoms with Crippen LogP contribution < -0.4 is 5.32 Å². The third-order valence-corrected chi connectivity index (χ3v) is 2.98. The van der Waals surface area contributed by atoms with Crippen LogP contribution in [0.5, 0.6) is 0 Å². The Hall–Kier alpha value is -1.80. The third-order valence-electron chi connectivity index (χ3n) is 2.73. The van der Waals surface area contributed by atoms with Gasteiger partial charge in [0.1, 0.15) is 0 Å². The van der Waals surface area contributed by atoms with Gasteiger partial charge >= 0.3 is 0 Å². The van der Waals surface area contributed by atoms with E-state index in [1.165, 1.54) is 5.56 Å². The Morgan fingerprint density at radius 1 is 1.00 bits per heavy atom. The van der Waals surface area contributed by atoms with E-state index >= 15 is 0 Å². The van der Waals surface area contributed by atoms with Crippen molar-refractivity contribution >= 4 is 23.2 Å². The predicted octanol–water partition coefficient (Wildman–Crippen LogP) is 5.18. The fourth-order valence-electron chi connectivity index (χ4n) is 1.63. The van der Waals surface area contributed by atoms with Gasteiger partial charge in [-0.1, -0.05) is 44.5 Å². The number of hydrogen-bond acceptors (Lipinski definition) is 1. The molecule has 0 radical (unpaired) electrons. The maximum absolute atomic E-state index is 11.9. The maximum atomic E-state index is 11.9. The van der Waals surface area contributed by atoms with Crippen LogP contribution in [-0.4, -0.2) is 5.91 Å². The van der Waals surface area contributed by atoms with Gasteiger partial charge in [0.2, 0.25) is 0 Å². The van der Waals surface area contributed by atoms with Crippen LogP contribution in [0, 0.1) is 0 Å². The molecule has 2 aromatic rings. The van der Waals surface area contributed by atoms with E-state index in [1.807, 2.05) is 38.1 Å². The number of aryl methyl sites for hydroxylation is 1. The quantitative estimate of drug-likeness (QED) is 0.828. The summed E-state index contributed by atoms with van der Waals surface area (Å²) < 4.78 is 0. The Kier molecular flexibility index (Phi) is 6.82. The van der Waals surface area contributed by atoms with Gasteiger partial charge in [0, 0.05) is 16.3 Å². The highest BCUT2D eigenvalue weighted by atomic mass is 35.5. The van der Waals surface area contributed by atoms with E-state index in [2.05, 4.69) is 12.2 Å². The van der Waals surface area contributed by atoms with Gasteiger partial charge in [0.05, 0.1) is 0 Å². The lowest BCUT2D eigenvalue weighted by Gasteiger charge is -2.06. The average molecular weight is 290 g/mol. The molecule has 0 aromatic heterocycles. The van der Waals surface area contributed by atoms with E-state index in [0.29, 0.717) is 10.6 Å². The molecule has 0 aliphatic rings. The number of carbonyl (C=O) groups excluding carboxylic acids is 1. The van der Waals surface area contributed by atoms with E-state index in [0.717, 1.165) is 12.1 Å². The molecule has 0 aliphatic heterocycles. The van der Waals surface area contributed by atoms with Gasteiger partial charge in [-0.2, -0.15) is 0 Å². The van der Waals surface area contributed by atoms with E-state index in [4.69, 9.17) is 11.6 Å². The van der Waals surface area contributed by atoms with Crippen LogP contribution in [0.25, 0.3) is 0 Å². The Labute approximate surface area is 125 Å². The minimum Gasteiger partial charge on any atom is -0.322 e. The molecule has 0 unspecified atom stereocenters. The summed E-state index contributed by atoms with van der Waals surface area (Å²) in [6.45, 7) is 6.10. The lowest BCUT2D eigenvalue weighted by molar-refractivity contribution is 0.102. The summed E-state index contributed by atoms with van der Waals surface area (Å²) in [7, 11) is 0. The van der Waals surface area contributed by atoms with Crippen molar-refractivity contribution in [3.8, 4) is 0 Å². The first-order valence-electron chi connectivity index (χ1n) is 6.85. The Morgan fingerprint density at radius 2 is 1.55 bits per heavy atom. The van der Waals surface area contributed by atoms with Gasteiger partial charge in [0.25, 0.3) is 5.91 Å². The van der Waals surface area contributed by atoms with Crippen LogP contribution in [0.2, 0.25) is 5.02 Å². The molecule has 3 heteroatoms. The van der Waals surface area contributed by atoms with Crippen molar-refractivity contribution < 1.29 is 4.79 Å². The molecule has 0 fully saturated rings. The van der Waals surface area contributed by atoms with Crippen LogP contribution >= 0.6 is 11.6 Å². The van der Waals surface area contributed by atoms with Gasteiger partial charge in [-0.05, 0) is 48.4 Å². The van der Waals surface area contributed by atoms with E-state index in [9.17, 15) is 4.79 Å². The summed E-state index contributed by atoms with van der Waals surface area (Å²) in [4.78, 5) is 11.9. The van der Waals surface area contributed by atoms with Crippen LogP contribution in [0.1, 0.15) is 36.7 Å². The summed E-state index contributed by atoms with van der Waals surface area (Å²) in [6, 6.07) is 14.7. The summed E-state index contributed by atoms with van der Waals surface area (Å²) in [5.41, 5.74) is 2.64. The number of amides is 1. The molecule has 106 valence electrons. The van der Waals surface area contributed by atoms with Crippen molar-refractivity contribution in [3.05, 3.63) is 64.7 Å². The zero-order chi connectivity index (χ0) is 15.0. The zero-order valence-electron chi connectivity index (χ0n) is 12.1. The highest BCUT2D eigenvalue weighted by Gasteiger charge is 2.05. The van der Waals surface area contributed by atoms with Gasteiger partial charge < -0.3 is 5.32 Å². The number of hydrogen-bond donors (Lipinski definition) is 1. The minimum atomic E-state index is -0.129. The van der Waals surface area contributed by atoms with Gasteiger partial charge in [-0.15, -0.1) is 0 Å². The van der Waals surface area contributed by atoms with E-state index in [-0.39, 0.29) is 5.91 Å². The molecule has 0 saturated carbocycles. The molecule has 0 bridgehead atoms. The number of carbonyl (C=O) groups is 1. The Morgan fingerprint density at radius 3 is 2.05 bits per heavy atom. The second-order valence-electron chi connectivity index (χ2n) is 4.01. The van der Waals surface area contributed by atoms with Crippen LogP contribution in [0.3, 0.4) is 0 Å². The molecule has 20 heavy (non-hydrogen) atoms. The summed E-state index contributed by atoms with van der Waals surface area (Å²) in [5.74, 6) is -0.129. The summed E-state index contributed by atoms with van der Waals surface area (Å²) in [6.07, 6.45) is 0.991. The first-order chi connectivity index (χ1) is 9.69. The van der Waals surface area contributed by atoms with Crippen LogP contribution in [-0.2, 0) is 6.42 Å². The van der Waals surface area contributed by atoms with E-state index < -0.39 is 0 Å². The SMILES string of the molecule is CC.CCc1ccc(NC(=O)c2ccc(Cl)cc2)cc1. The van der Waals surface area contributed by atoms with Crippen LogP contribution in [0.4, 0.5) is 5.69 Å². The van der Waals surface area contributed by atoms with Crippen LogP contribution in [0.15, 0.2) is 48.5 Å². The molecule has 2 rings (SSSR count). The van der Waals surface area contributed by atoms with Gasteiger partial charge in [0.15, 0.2) is 0 Å². The first-order valence-corrected chi connectivity index (χ1v) is 7.22. The topological polar surface area (TPSA) is 29.1 Å². The van der Waals surface area contributed by atoms with Gasteiger partial charge in [-0.25, -0.2) is 0 Å². The lowest BCUT2D eigenvalue weighted by atomic mass is 10.1. The standard InChI is InChI=1S/C15H14ClNO.C2H6/c1-2-11-3-9-14(10-4-11)17-15(18)12-5-7-13(16)8-6-12;1-2/h3-10H,2H2,1H3,(H,17,18);1-2H3. The molecule has 0 atom stereocenters. The molecule has 0 heterocycles. The number of rotatable bonds is 3. The molecule has 0 spiro atoms. The molecular weight excluding hydrogens is 270 g/mol. The average Bonchev–Trinajstić information content (AvgIpc) is 2.50. The molecule has 2 nitrogen and oxygen atoms in total. The fraction of sp³-hybridized carbons (Fsp3) is 0.235. The first kappa shape index (κ1) is 16.3. The molecule has 2 aromatic carbocycles. The Balaban J connectivity index is 0.000000956. The maximum Gasteiger partial charge on any atom is 0.255 e. The molecule has 0 aliphatic carbocycles. The monoisotopic (exact) mass is 289 g/mol. The molecular formula is C17H20ClNO. The van der Waals surface area contributed by atoms with Crippen molar-refractivity contribution in [2.75, 3.05) is 5.32 Å². The molecule has 1 amide bonds. The number of nitrogens with one attached hydrogen (secondary N) is 1. The normalized spacial score (nSPS) is 9.40.